The Hall–Kier alpha value is -3.19. The maximum absolute atomic E-state index is 11.8. The fourth-order valence-corrected chi connectivity index (χ4v) is 4.29. The van der Waals surface area contributed by atoms with Crippen LogP contribution in [0.4, 0.5) is 5.82 Å². The lowest BCUT2D eigenvalue weighted by atomic mass is 10.1. The van der Waals surface area contributed by atoms with Crippen LogP contribution in [-0.2, 0) is 4.79 Å². The summed E-state index contributed by atoms with van der Waals surface area (Å²) < 4.78 is 1.76. The van der Waals surface area contributed by atoms with Gasteiger partial charge in [-0.1, -0.05) is 40.6 Å². The molecule has 1 amide bonds. The summed E-state index contributed by atoms with van der Waals surface area (Å²) in [5.41, 5.74) is 4.46. The van der Waals surface area contributed by atoms with Gasteiger partial charge in [-0.05, 0) is 44.0 Å². The summed E-state index contributed by atoms with van der Waals surface area (Å²) in [4.78, 5) is 18.6. The van der Waals surface area contributed by atoms with Crippen molar-refractivity contribution in [1.29, 1.82) is 0 Å². The van der Waals surface area contributed by atoms with Gasteiger partial charge in [0.25, 0.3) is 0 Å². The van der Waals surface area contributed by atoms with E-state index in [0.29, 0.717) is 23.6 Å². The third kappa shape index (κ3) is 3.81. The molecule has 0 spiro atoms. The topological polar surface area (TPSA) is 75.4 Å². The first-order chi connectivity index (χ1) is 15.1. The van der Waals surface area contributed by atoms with E-state index in [-0.39, 0.29) is 5.91 Å². The number of nitrogens with one attached hydrogen (secondary N) is 1. The number of aryl methyl sites for hydroxylation is 1. The van der Waals surface area contributed by atoms with E-state index >= 15 is 0 Å². The van der Waals surface area contributed by atoms with E-state index in [4.69, 9.17) is 16.6 Å². The molecule has 0 atom stereocenters. The minimum atomic E-state index is 0.255. The van der Waals surface area contributed by atoms with Gasteiger partial charge >= 0.3 is 0 Å². The number of rotatable bonds is 6. The van der Waals surface area contributed by atoms with Gasteiger partial charge in [-0.15, -0.1) is 5.10 Å². The van der Waals surface area contributed by atoms with Crippen molar-refractivity contribution in [1.82, 2.24) is 24.7 Å². The zero-order valence-electron chi connectivity index (χ0n) is 17.3. The second-order valence-electron chi connectivity index (χ2n) is 7.93. The number of halogens is 1. The highest BCUT2D eigenvalue weighted by molar-refractivity contribution is 6.31. The van der Waals surface area contributed by atoms with Crippen molar-refractivity contribution in [2.24, 2.45) is 0 Å². The molecule has 158 valence electrons. The van der Waals surface area contributed by atoms with Crippen LogP contribution < -0.4 is 5.32 Å². The van der Waals surface area contributed by atoms with E-state index in [1.807, 2.05) is 35.2 Å². The number of carbonyl (C=O) groups is 1. The minimum Gasteiger partial charge on any atom is -0.369 e. The van der Waals surface area contributed by atoms with Crippen LogP contribution in [-0.4, -0.2) is 50.3 Å². The second-order valence-corrected chi connectivity index (χ2v) is 8.37. The van der Waals surface area contributed by atoms with Crippen molar-refractivity contribution in [2.75, 3.05) is 25.0 Å². The quantitative estimate of drug-likeness (QED) is 0.457. The number of likely N-dealkylation sites (tertiary alicyclic amines) is 1. The lowest BCUT2D eigenvalue weighted by molar-refractivity contribution is -0.127. The van der Waals surface area contributed by atoms with Gasteiger partial charge in [0.15, 0.2) is 5.65 Å². The first-order valence-electron chi connectivity index (χ1n) is 10.5. The van der Waals surface area contributed by atoms with Crippen LogP contribution in [0, 0.1) is 6.92 Å². The number of hydrogen-bond donors (Lipinski definition) is 1. The molecule has 7 nitrogen and oxygen atoms in total. The van der Waals surface area contributed by atoms with E-state index in [2.05, 4.69) is 34.7 Å². The summed E-state index contributed by atoms with van der Waals surface area (Å²) in [5, 5.41) is 13.8. The van der Waals surface area contributed by atoms with Gasteiger partial charge in [-0.25, -0.2) is 4.98 Å². The lowest BCUT2D eigenvalue weighted by Gasteiger charge is -2.16. The predicted octanol–water partition coefficient (Wildman–Crippen LogP) is 4.33. The van der Waals surface area contributed by atoms with Crippen LogP contribution >= 0.6 is 11.6 Å². The molecule has 2 aromatic heterocycles. The van der Waals surface area contributed by atoms with Crippen LogP contribution in [0.15, 0.2) is 42.5 Å². The molecule has 1 fully saturated rings. The maximum Gasteiger partial charge on any atom is 0.222 e. The number of aromatic nitrogens is 4. The van der Waals surface area contributed by atoms with Gasteiger partial charge in [0.2, 0.25) is 5.91 Å². The zero-order valence-corrected chi connectivity index (χ0v) is 18.1. The number of benzene rings is 2. The summed E-state index contributed by atoms with van der Waals surface area (Å²) in [6.45, 7) is 4.38. The number of amides is 1. The van der Waals surface area contributed by atoms with Crippen LogP contribution in [0.25, 0.3) is 27.8 Å². The molecular weight excluding hydrogens is 412 g/mol. The fraction of sp³-hybridized carbons (Fsp3) is 0.304. The van der Waals surface area contributed by atoms with E-state index in [0.717, 1.165) is 59.5 Å². The van der Waals surface area contributed by atoms with Crippen molar-refractivity contribution in [3.8, 4) is 11.3 Å². The van der Waals surface area contributed by atoms with Crippen molar-refractivity contribution in [3.05, 3.63) is 53.1 Å². The van der Waals surface area contributed by atoms with Gasteiger partial charge in [0.05, 0.1) is 5.52 Å². The van der Waals surface area contributed by atoms with Crippen LogP contribution in [0.1, 0.15) is 24.8 Å². The fourth-order valence-electron chi connectivity index (χ4n) is 4.12. The average Bonchev–Trinajstić information content (AvgIpc) is 3.37. The summed E-state index contributed by atoms with van der Waals surface area (Å²) in [5.74, 6) is 0.999. The largest absolute Gasteiger partial charge is 0.369 e. The molecule has 0 saturated carbocycles. The summed E-state index contributed by atoms with van der Waals surface area (Å²) in [6, 6.07) is 13.8. The number of anilines is 1. The Balaban J connectivity index is 1.50. The molecule has 0 unspecified atom stereocenters. The van der Waals surface area contributed by atoms with Gasteiger partial charge in [-0.3, -0.25) is 4.79 Å². The Bertz CT molecular complexity index is 1280. The summed E-state index contributed by atoms with van der Waals surface area (Å²) in [6.07, 6.45) is 2.48. The predicted molar refractivity (Wildman–Crippen MR) is 122 cm³/mol. The van der Waals surface area contributed by atoms with Crippen molar-refractivity contribution in [3.63, 3.8) is 0 Å². The number of fused-ring (bicyclic) bond motifs is 3. The molecule has 1 aliphatic rings. The Kier molecular flexibility index (Phi) is 5.19. The Morgan fingerprint density at radius 1 is 1.19 bits per heavy atom. The molecule has 3 heterocycles. The average molecular weight is 435 g/mol. The smallest absolute Gasteiger partial charge is 0.222 e. The third-order valence-corrected chi connectivity index (χ3v) is 5.90. The Labute approximate surface area is 185 Å². The molecule has 2 aromatic carbocycles. The van der Waals surface area contributed by atoms with Crippen LogP contribution in [0.5, 0.6) is 0 Å². The molecule has 0 bridgehead atoms. The highest BCUT2D eigenvalue weighted by atomic mass is 35.5. The molecule has 1 aliphatic heterocycles. The second kappa shape index (κ2) is 8.15. The molecule has 0 aliphatic carbocycles. The summed E-state index contributed by atoms with van der Waals surface area (Å²) >= 11 is 6.28. The monoisotopic (exact) mass is 434 g/mol. The van der Waals surface area contributed by atoms with E-state index in [1.165, 1.54) is 0 Å². The third-order valence-electron chi connectivity index (χ3n) is 5.67. The van der Waals surface area contributed by atoms with E-state index in [1.54, 1.807) is 4.52 Å². The lowest BCUT2D eigenvalue weighted by Crippen LogP contribution is -2.27. The van der Waals surface area contributed by atoms with Crippen LogP contribution in [0.2, 0.25) is 5.02 Å². The van der Waals surface area contributed by atoms with Crippen molar-refractivity contribution in [2.45, 2.75) is 26.2 Å². The van der Waals surface area contributed by atoms with E-state index in [9.17, 15) is 4.79 Å². The number of carbonyl (C=O) groups excluding carboxylic acids is 1. The highest BCUT2D eigenvalue weighted by Crippen LogP contribution is 2.30. The van der Waals surface area contributed by atoms with Gasteiger partial charge in [0.1, 0.15) is 11.5 Å². The summed E-state index contributed by atoms with van der Waals surface area (Å²) in [7, 11) is 0. The molecule has 1 N–H and O–H groups in total. The maximum atomic E-state index is 11.8. The molecule has 31 heavy (non-hydrogen) atoms. The minimum absolute atomic E-state index is 0.255. The first kappa shape index (κ1) is 19.8. The van der Waals surface area contributed by atoms with E-state index < -0.39 is 0 Å². The molecule has 4 aromatic rings. The zero-order chi connectivity index (χ0) is 21.4. The van der Waals surface area contributed by atoms with Gasteiger partial charge in [0, 0.05) is 42.0 Å². The first-order valence-corrected chi connectivity index (χ1v) is 10.9. The molecule has 5 rings (SSSR count). The van der Waals surface area contributed by atoms with Crippen molar-refractivity contribution >= 4 is 39.9 Å². The molecule has 8 heteroatoms. The normalized spacial score (nSPS) is 14.1. The highest BCUT2D eigenvalue weighted by Gasteiger charge is 2.19. The standard InChI is InChI=1S/C23H23ClN6O/c1-15-5-2-6-16(13-15)21-23-26-22(25-10-4-12-29-11-3-7-20(29)31)18-14-17(24)8-9-19(18)30(23)28-27-21/h2,5-6,8-9,13-14H,3-4,7,10-12H2,1H3,(H,25,26). The molecule has 1 saturated heterocycles. The van der Waals surface area contributed by atoms with Crippen LogP contribution in [0.3, 0.4) is 0 Å². The Morgan fingerprint density at radius 2 is 2.10 bits per heavy atom. The number of hydrogen-bond acceptors (Lipinski definition) is 5. The molecule has 0 radical (unpaired) electrons. The SMILES string of the molecule is Cc1cccc(-c2nnn3c2nc(NCCCN2CCCC2=O)c2cc(Cl)ccc23)c1. The van der Waals surface area contributed by atoms with Gasteiger partial charge < -0.3 is 10.2 Å². The molecular formula is C23H23ClN6O. The van der Waals surface area contributed by atoms with Crippen molar-refractivity contribution < 1.29 is 4.79 Å². The number of nitrogens with zero attached hydrogens (tertiary/aromatic N) is 5. The van der Waals surface area contributed by atoms with Gasteiger partial charge in [-0.2, -0.15) is 4.52 Å². The Morgan fingerprint density at radius 3 is 2.90 bits per heavy atom.